The van der Waals surface area contributed by atoms with Crippen LogP contribution in [-0.2, 0) is 0 Å². The van der Waals surface area contributed by atoms with Gasteiger partial charge in [-0.1, -0.05) is 19.9 Å². The quantitative estimate of drug-likeness (QED) is 0.910. The second kappa shape index (κ2) is 6.08. The molecule has 5 nitrogen and oxygen atoms in total. The Hall–Kier alpha value is -1.88. The predicted octanol–water partition coefficient (Wildman–Crippen LogP) is 2.39. The summed E-state index contributed by atoms with van der Waals surface area (Å²) in [4.78, 5) is 12.0. The fourth-order valence-electron chi connectivity index (χ4n) is 3.79. The van der Waals surface area contributed by atoms with Gasteiger partial charge in [-0.3, -0.25) is 9.56 Å². The molecule has 3 rings (SSSR count). The van der Waals surface area contributed by atoms with Gasteiger partial charge in [0.1, 0.15) is 0 Å². The van der Waals surface area contributed by atoms with Crippen LogP contribution in [0.2, 0.25) is 0 Å². The Kier molecular flexibility index (Phi) is 4.16. The van der Waals surface area contributed by atoms with Gasteiger partial charge in [0.2, 0.25) is 0 Å². The number of allylic oxidation sites excluding steroid dienone is 1. The number of hydrogen-bond donors (Lipinski definition) is 2. The molecule has 1 unspecified atom stereocenters. The zero-order valence-corrected chi connectivity index (χ0v) is 13.6. The molecule has 1 fully saturated rings. The monoisotopic (exact) mass is 299 g/mol. The second-order valence-corrected chi connectivity index (χ2v) is 6.11. The summed E-state index contributed by atoms with van der Waals surface area (Å²) in [6.07, 6.45) is 7.27. The molecule has 2 heterocycles. The van der Waals surface area contributed by atoms with Crippen LogP contribution >= 0.6 is 0 Å². The summed E-state index contributed by atoms with van der Waals surface area (Å²) >= 11 is 0. The van der Waals surface area contributed by atoms with Crippen molar-refractivity contribution in [2.45, 2.75) is 32.2 Å². The fraction of sp³-hybridized carbons (Fsp3) is 0.529. The summed E-state index contributed by atoms with van der Waals surface area (Å²) in [5.74, 6) is 1.15. The Morgan fingerprint density at radius 3 is 3.05 bits per heavy atom. The van der Waals surface area contributed by atoms with E-state index in [0.717, 1.165) is 28.8 Å². The molecule has 0 spiro atoms. The predicted molar refractivity (Wildman–Crippen MR) is 90.3 cm³/mol. The van der Waals surface area contributed by atoms with Crippen LogP contribution in [0, 0.1) is 11.8 Å². The van der Waals surface area contributed by atoms with Crippen molar-refractivity contribution in [2.24, 2.45) is 16.8 Å². The highest BCUT2D eigenvalue weighted by molar-refractivity contribution is 5.75. The summed E-state index contributed by atoms with van der Waals surface area (Å²) < 4.78 is 2.17. The van der Waals surface area contributed by atoms with E-state index >= 15 is 0 Å². The lowest BCUT2D eigenvalue weighted by Crippen LogP contribution is -2.26. The molecule has 22 heavy (non-hydrogen) atoms. The van der Waals surface area contributed by atoms with E-state index in [1.54, 1.807) is 0 Å². The van der Waals surface area contributed by atoms with Gasteiger partial charge >= 0.3 is 0 Å². The molecule has 2 aromatic heterocycles. The van der Waals surface area contributed by atoms with E-state index in [0.29, 0.717) is 17.9 Å². The number of rotatable bonds is 4. The fourth-order valence-corrected chi connectivity index (χ4v) is 3.79. The van der Waals surface area contributed by atoms with Crippen molar-refractivity contribution in [1.82, 2.24) is 19.9 Å². The standard InChI is InChI=1S/C17H25N5/c1-5-12-8-13(18-3)9-14(12)11(2)22-15-6-7-20-17(15)21-10-16(22)19-4/h6-7,10,12-14,18,20H,2,5,8-9H2,1,3-4H3/t12-,13?,14-/m0/s1. The smallest absolute Gasteiger partial charge is 0.154 e. The average molecular weight is 299 g/mol. The highest BCUT2D eigenvalue weighted by Gasteiger charge is 2.35. The SMILES string of the molecule is C=C([C@@H]1CC(NC)C[C@@H]1CC)n1c(=NC)cnc2[nH]ccc21. The molecule has 2 aromatic rings. The van der Waals surface area contributed by atoms with E-state index in [1.165, 1.54) is 12.8 Å². The molecule has 3 atom stereocenters. The number of nitrogens with one attached hydrogen (secondary N) is 2. The molecule has 0 radical (unpaired) electrons. The Morgan fingerprint density at radius 1 is 1.55 bits per heavy atom. The van der Waals surface area contributed by atoms with Crippen molar-refractivity contribution in [3.63, 3.8) is 0 Å². The van der Waals surface area contributed by atoms with Crippen molar-refractivity contribution in [2.75, 3.05) is 14.1 Å². The van der Waals surface area contributed by atoms with Crippen molar-refractivity contribution >= 4 is 16.9 Å². The topological polar surface area (TPSA) is 58.0 Å². The number of aromatic nitrogens is 3. The maximum atomic E-state index is 4.45. The number of nitrogens with zero attached hydrogens (tertiary/aromatic N) is 3. The number of H-pyrrole nitrogens is 1. The lowest BCUT2D eigenvalue weighted by Gasteiger charge is -2.23. The Labute approximate surface area is 131 Å². The van der Waals surface area contributed by atoms with Gasteiger partial charge in [0.05, 0.1) is 11.7 Å². The zero-order valence-electron chi connectivity index (χ0n) is 13.6. The van der Waals surface area contributed by atoms with Crippen molar-refractivity contribution < 1.29 is 0 Å². The van der Waals surface area contributed by atoms with Crippen molar-refractivity contribution in [3.05, 3.63) is 30.5 Å². The van der Waals surface area contributed by atoms with Gasteiger partial charge in [0, 0.05) is 30.9 Å². The molecule has 1 saturated carbocycles. The molecule has 0 saturated heterocycles. The van der Waals surface area contributed by atoms with E-state index in [-0.39, 0.29) is 0 Å². The first kappa shape index (κ1) is 15.0. The maximum Gasteiger partial charge on any atom is 0.154 e. The minimum atomic E-state index is 0.480. The highest BCUT2D eigenvalue weighted by Crippen LogP contribution is 2.40. The highest BCUT2D eigenvalue weighted by atomic mass is 15.1. The summed E-state index contributed by atoms with van der Waals surface area (Å²) in [7, 11) is 3.86. The minimum Gasteiger partial charge on any atom is -0.345 e. The van der Waals surface area contributed by atoms with Gasteiger partial charge in [-0.25, -0.2) is 4.98 Å². The molecule has 5 heteroatoms. The third-order valence-electron chi connectivity index (χ3n) is 5.05. The van der Waals surface area contributed by atoms with Crippen LogP contribution in [0.3, 0.4) is 0 Å². The molecule has 1 aliphatic rings. The first-order valence-corrected chi connectivity index (χ1v) is 8.04. The van der Waals surface area contributed by atoms with Gasteiger partial charge in [0.25, 0.3) is 0 Å². The van der Waals surface area contributed by atoms with Crippen LogP contribution in [0.25, 0.3) is 16.9 Å². The maximum absolute atomic E-state index is 4.45. The molecule has 118 valence electrons. The summed E-state index contributed by atoms with van der Waals surface area (Å²) in [6.45, 7) is 6.72. The number of hydrogen-bond acceptors (Lipinski definition) is 3. The van der Waals surface area contributed by atoms with Crippen LogP contribution < -0.4 is 10.8 Å². The molecule has 0 aliphatic heterocycles. The molecule has 0 bridgehead atoms. The van der Waals surface area contributed by atoms with Gasteiger partial charge < -0.3 is 10.3 Å². The van der Waals surface area contributed by atoms with Crippen LogP contribution in [0.5, 0.6) is 0 Å². The summed E-state index contributed by atoms with van der Waals surface area (Å²) in [5, 5.41) is 3.43. The minimum absolute atomic E-state index is 0.480. The largest absolute Gasteiger partial charge is 0.345 e. The molecular formula is C17H25N5. The third kappa shape index (κ3) is 2.39. The van der Waals surface area contributed by atoms with E-state index in [9.17, 15) is 0 Å². The second-order valence-electron chi connectivity index (χ2n) is 6.11. The Bertz CT molecular complexity index is 739. The average Bonchev–Trinajstić information content (AvgIpc) is 3.18. The molecule has 0 aromatic carbocycles. The first-order chi connectivity index (χ1) is 10.7. The van der Waals surface area contributed by atoms with E-state index in [2.05, 4.69) is 45.4 Å². The summed E-state index contributed by atoms with van der Waals surface area (Å²) in [5.41, 5.74) is 3.93. The lowest BCUT2D eigenvalue weighted by molar-refractivity contribution is 0.442. The van der Waals surface area contributed by atoms with Gasteiger partial charge in [-0.2, -0.15) is 0 Å². The molecule has 1 aliphatic carbocycles. The van der Waals surface area contributed by atoms with E-state index in [1.807, 2.05) is 25.5 Å². The molecular weight excluding hydrogens is 274 g/mol. The van der Waals surface area contributed by atoms with E-state index < -0.39 is 0 Å². The lowest BCUT2D eigenvalue weighted by atomic mass is 9.91. The van der Waals surface area contributed by atoms with Crippen molar-refractivity contribution in [1.29, 1.82) is 0 Å². The van der Waals surface area contributed by atoms with Gasteiger partial charge in [-0.15, -0.1) is 0 Å². The number of fused-ring (bicyclic) bond motifs is 1. The normalized spacial score (nSPS) is 26.0. The van der Waals surface area contributed by atoms with Crippen LogP contribution in [0.15, 0.2) is 30.0 Å². The van der Waals surface area contributed by atoms with Gasteiger partial charge in [-0.05, 0) is 31.9 Å². The summed E-state index contributed by atoms with van der Waals surface area (Å²) in [6, 6.07) is 2.63. The van der Waals surface area contributed by atoms with Crippen LogP contribution in [0.4, 0.5) is 0 Å². The van der Waals surface area contributed by atoms with Crippen molar-refractivity contribution in [3.8, 4) is 0 Å². The molecule has 2 N–H and O–H groups in total. The Balaban J connectivity index is 2.07. The number of aromatic amines is 1. The van der Waals surface area contributed by atoms with Gasteiger partial charge in [0.15, 0.2) is 11.1 Å². The Morgan fingerprint density at radius 2 is 2.36 bits per heavy atom. The molecule has 0 amide bonds. The third-order valence-corrected chi connectivity index (χ3v) is 5.05. The van der Waals surface area contributed by atoms with E-state index in [4.69, 9.17) is 0 Å². The van der Waals surface area contributed by atoms with Crippen LogP contribution in [-0.4, -0.2) is 34.7 Å². The first-order valence-electron chi connectivity index (χ1n) is 8.04. The van der Waals surface area contributed by atoms with Crippen LogP contribution in [0.1, 0.15) is 26.2 Å². The zero-order chi connectivity index (χ0) is 15.7.